The summed E-state index contributed by atoms with van der Waals surface area (Å²) in [6, 6.07) is 0.952. The molecule has 13 nitrogen and oxygen atoms in total. The third kappa shape index (κ3) is 5.55. The van der Waals surface area contributed by atoms with Gasteiger partial charge in [-0.25, -0.2) is 14.2 Å². The smallest absolute Gasteiger partial charge is 0.462 e. The van der Waals surface area contributed by atoms with Gasteiger partial charge in [-0.3, -0.25) is 14.4 Å². The minimum Gasteiger partial charge on any atom is -0.462 e. The van der Waals surface area contributed by atoms with E-state index in [1.165, 1.54) is 13.3 Å². The molecule has 1 unspecified atom stereocenters. The number of oxime groups is 1. The summed E-state index contributed by atoms with van der Waals surface area (Å²) >= 11 is 0. The number of anilines is 1. The van der Waals surface area contributed by atoms with Crippen molar-refractivity contribution in [1.82, 2.24) is 9.55 Å². The summed E-state index contributed by atoms with van der Waals surface area (Å²) < 4.78 is 31.2. The molecule has 2 aromatic rings. The van der Waals surface area contributed by atoms with E-state index in [2.05, 4.69) is 19.4 Å². The highest BCUT2D eigenvalue weighted by Gasteiger charge is 2.37. The van der Waals surface area contributed by atoms with Crippen molar-refractivity contribution in [3.63, 3.8) is 0 Å². The van der Waals surface area contributed by atoms with Crippen LogP contribution in [0, 0.1) is 11.7 Å². The molecule has 37 heavy (non-hydrogen) atoms. The third-order valence-corrected chi connectivity index (χ3v) is 5.88. The second kappa shape index (κ2) is 10.5. The zero-order valence-electron chi connectivity index (χ0n) is 20.4. The molecule has 0 amide bonds. The van der Waals surface area contributed by atoms with Gasteiger partial charge in [0, 0.05) is 45.1 Å². The van der Waals surface area contributed by atoms with E-state index in [0.29, 0.717) is 12.3 Å². The first-order valence-corrected chi connectivity index (χ1v) is 11.5. The van der Waals surface area contributed by atoms with Gasteiger partial charge in [-0.1, -0.05) is 5.16 Å². The maximum absolute atomic E-state index is 15.3. The van der Waals surface area contributed by atoms with Crippen LogP contribution in [0.3, 0.4) is 0 Å². The second-order valence-electron chi connectivity index (χ2n) is 8.67. The average molecular weight is 517 g/mol. The summed E-state index contributed by atoms with van der Waals surface area (Å²) in [5, 5.41) is 3.84. The van der Waals surface area contributed by atoms with E-state index in [1.54, 1.807) is 9.47 Å². The van der Waals surface area contributed by atoms with Crippen LogP contribution in [0.15, 0.2) is 22.2 Å². The predicted octanol–water partition coefficient (Wildman–Crippen LogP) is 0.536. The van der Waals surface area contributed by atoms with Gasteiger partial charge < -0.3 is 34.0 Å². The molecule has 2 N–H and O–H groups in total. The van der Waals surface area contributed by atoms with Crippen molar-refractivity contribution in [3.8, 4) is 0 Å². The molecule has 15 heteroatoms. The molecule has 0 bridgehead atoms. The average Bonchev–Trinajstić information content (AvgIpc) is 3.58. The molecule has 1 aliphatic carbocycles. The van der Waals surface area contributed by atoms with Crippen LogP contribution in [0.25, 0.3) is 11.0 Å². The van der Waals surface area contributed by atoms with Crippen LogP contribution >= 0.6 is 0 Å². The molecule has 2 fully saturated rings. The molecule has 0 aromatic carbocycles. The van der Waals surface area contributed by atoms with Gasteiger partial charge in [0.1, 0.15) is 18.3 Å². The minimum atomic E-state index is -1.99. The topological polar surface area (TPSA) is 165 Å². The van der Waals surface area contributed by atoms with Crippen LogP contribution in [0.5, 0.6) is 0 Å². The largest absolute Gasteiger partial charge is 0.870 e. The van der Waals surface area contributed by atoms with E-state index in [1.807, 2.05) is 0 Å². The van der Waals surface area contributed by atoms with Gasteiger partial charge in [0.25, 0.3) is 11.9 Å². The van der Waals surface area contributed by atoms with E-state index >= 15 is 4.39 Å². The summed E-state index contributed by atoms with van der Waals surface area (Å²) in [6.07, 6.45) is 2.78. The Morgan fingerprint density at radius 2 is 1.89 bits per heavy atom. The van der Waals surface area contributed by atoms with E-state index in [4.69, 9.17) is 15.2 Å². The minimum absolute atomic E-state index is 0.0150. The number of hydrogen-bond acceptors (Lipinski definition) is 12. The Labute approximate surface area is 210 Å². The van der Waals surface area contributed by atoms with Crippen LogP contribution < -0.4 is 16.1 Å². The van der Waals surface area contributed by atoms with E-state index in [-0.39, 0.29) is 41.9 Å². The summed E-state index contributed by atoms with van der Waals surface area (Å²) in [5.74, 6) is -3.90. The number of pyridine rings is 2. The zero-order valence-corrected chi connectivity index (χ0v) is 20.4. The van der Waals surface area contributed by atoms with Crippen molar-refractivity contribution < 1.29 is 37.6 Å². The van der Waals surface area contributed by atoms with Gasteiger partial charge in [0.2, 0.25) is 5.43 Å². The molecule has 2 aliphatic rings. The summed E-state index contributed by atoms with van der Waals surface area (Å²) in [4.78, 5) is 59.6. The molecular weight excluding hydrogens is 492 g/mol. The highest BCUT2D eigenvalue weighted by atomic mass is 19.1. The van der Waals surface area contributed by atoms with Gasteiger partial charge in [0.15, 0.2) is 11.6 Å². The fraction of sp³-hybridized carbons (Fsp3) is 0.455. The molecule has 1 aliphatic heterocycles. The van der Waals surface area contributed by atoms with Crippen molar-refractivity contribution in [2.24, 2.45) is 16.8 Å². The van der Waals surface area contributed by atoms with Crippen LogP contribution in [0.1, 0.15) is 43.1 Å². The number of nitrogens with zero attached hydrogens (tertiary/aromatic N) is 4. The van der Waals surface area contributed by atoms with Gasteiger partial charge in [-0.05, 0) is 18.9 Å². The highest BCUT2D eigenvalue weighted by molar-refractivity contribution is 6.44. The fourth-order valence-electron chi connectivity index (χ4n) is 4.08. The molecule has 1 saturated heterocycles. The summed E-state index contributed by atoms with van der Waals surface area (Å²) in [7, 11) is -0.576. The van der Waals surface area contributed by atoms with Crippen LogP contribution in [-0.2, 0) is 28.4 Å². The predicted molar refractivity (Wildman–Crippen MR) is 128 cm³/mol. The number of aromatic nitrogens is 2. The van der Waals surface area contributed by atoms with Crippen molar-refractivity contribution in [3.05, 3.63) is 33.9 Å². The first kappa shape index (κ1) is 26.1. The van der Waals surface area contributed by atoms with Gasteiger partial charge in [-0.2, -0.15) is 0 Å². The number of hydrogen-bond donors (Lipinski definition) is 1. The Kier molecular flexibility index (Phi) is 7.43. The summed E-state index contributed by atoms with van der Waals surface area (Å²) in [5.41, 5.74) is 5.36. The highest BCUT2D eigenvalue weighted by Crippen LogP contribution is 2.37. The van der Waals surface area contributed by atoms with Crippen LogP contribution in [-0.4, -0.2) is 67.2 Å². The van der Waals surface area contributed by atoms with Gasteiger partial charge in [0.05, 0.1) is 17.6 Å². The van der Waals surface area contributed by atoms with E-state index in [9.17, 15) is 19.2 Å². The van der Waals surface area contributed by atoms with Gasteiger partial charge >= 0.3 is 13.3 Å². The van der Waals surface area contributed by atoms with Crippen molar-refractivity contribution in [1.29, 1.82) is 0 Å². The second-order valence-corrected chi connectivity index (χ2v) is 8.67. The van der Waals surface area contributed by atoms with E-state index in [0.717, 1.165) is 32.8 Å². The molecule has 4 rings (SSSR count). The number of nitrogens with two attached hydrogens (primary N) is 1. The molecule has 1 atom stereocenters. The van der Waals surface area contributed by atoms with Crippen molar-refractivity contribution >= 4 is 47.8 Å². The Morgan fingerprint density at radius 3 is 2.46 bits per heavy atom. The third-order valence-electron chi connectivity index (χ3n) is 5.88. The molecule has 3 heterocycles. The number of fused-ring (bicyclic) bond motifs is 1. The molecule has 0 radical (unpaired) electrons. The summed E-state index contributed by atoms with van der Waals surface area (Å²) in [6.45, 7) is 2.93. The maximum Gasteiger partial charge on any atom is 0.870 e. The lowest BCUT2D eigenvalue weighted by Gasteiger charge is -2.19. The lowest BCUT2D eigenvalue weighted by atomic mass is 10.1. The Bertz CT molecular complexity index is 1330. The SMILES string of the molecule is CO/N=C1/CN(c2nc3c(cc2F)c(=O)c(C(=O)OB(OC(C)=O)OC(C)=O)cn3C2CC2)CC1CN. The molecule has 0 spiro atoms. The zero-order chi connectivity index (χ0) is 26.9. The molecule has 1 saturated carbocycles. The Morgan fingerprint density at radius 1 is 1.22 bits per heavy atom. The number of halogens is 1. The van der Waals surface area contributed by atoms with Gasteiger partial charge in [-0.15, -0.1) is 0 Å². The monoisotopic (exact) mass is 517 g/mol. The molecular formula is C22H25BFN5O8. The number of rotatable bonds is 8. The van der Waals surface area contributed by atoms with E-state index < -0.39 is 42.0 Å². The maximum atomic E-state index is 15.3. The van der Waals surface area contributed by atoms with Crippen LogP contribution in [0.2, 0.25) is 0 Å². The quantitative estimate of drug-likeness (QED) is 0.384. The fourth-order valence-corrected chi connectivity index (χ4v) is 4.08. The number of carbonyl (C=O) groups excluding carboxylic acids is 3. The number of carbonyl (C=O) groups is 3. The van der Waals surface area contributed by atoms with Crippen molar-refractivity contribution in [2.45, 2.75) is 32.7 Å². The van der Waals surface area contributed by atoms with Crippen LogP contribution in [0.4, 0.5) is 10.2 Å². The Hall–Kier alpha value is -4.01. The normalized spacial score (nSPS) is 18.1. The lowest BCUT2D eigenvalue weighted by Crippen LogP contribution is -2.35. The first-order valence-electron chi connectivity index (χ1n) is 11.5. The first-order chi connectivity index (χ1) is 17.6. The molecule has 196 valence electrons. The molecule has 2 aromatic heterocycles. The Balaban J connectivity index is 1.74. The lowest BCUT2D eigenvalue weighted by molar-refractivity contribution is -0.139. The van der Waals surface area contributed by atoms with Crippen molar-refractivity contribution in [2.75, 3.05) is 31.6 Å². The standard InChI is InChI=1S/C22H25BFN5O8/c1-11(30)35-23(36-12(2)31)37-22(33)16-9-29(14-4-5-14)20-15(19(16)32)6-17(24)21(26-20)28-8-13(7-25)18(10-28)27-34-3/h6,9,13-14H,4-5,7-8,10,25H2,1-3H3/b27-18-.